The molecule has 1 aromatic heterocycles. The van der Waals surface area contributed by atoms with Crippen molar-refractivity contribution in [3.05, 3.63) is 64.1 Å². The maximum Gasteiger partial charge on any atom is 0.320 e. The quantitative estimate of drug-likeness (QED) is 0.825. The smallest absolute Gasteiger partial charge is 0.320 e. The van der Waals surface area contributed by atoms with E-state index in [1.54, 1.807) is 30.0 Å². The Bertz CT molecular complexity index is 1010. The van der Waals surface area contributed by atoms with Gasteiger partial charge in [0.1, 0.15) is 11.5 Å². The summed E-state index contributed by atoms with van der Waals surface area (Å²) in [4.78, 5) is 48.3. The molecule has 0 aliphatic carbocycles. The Morgan fingerprint density at radius 1 is 1.21 bits per heavy atom. The van der Waals surface area contributed by atoms with Crippen molar-refractivity contribution < 1.29 is 14.0 Å². The van der Waals surface area contributed by atoms with Crippen molar-refractivity contribution in [3.8, 4) is 0 Å². The van der Waals surface area contributed by atoms with Crippen LogP contribution in [0.5, 0.6) is 0 Å². The second-order valence-electron chi connectivity index (χ2n) is 7.77. The van der Waals surface area contributed by atoms with Gasteiger partial charge in [0, 0.05) is 45.6 Å². The summed E-state index contributed by atoms with van der Waals surface area (Å²) in [7, 11) is 3.38. The van der Waals surface area contributed by atoms with E-state index in [1.165, 1.54) is 23.2 Å². The van der Waals surface area contributed by atoms with Gasteiger partial charge in [0.2, 0.25) is 0 Å². The summed E-state index contributed by atoms with van der Waals surface area (Å²) >= 11 is 0. The fourth-order valence-corrected chi connectivity index (χ4v) is 4.44. The van der Waals surface area contributed by atoms with Gasteiger partial charge in [0.05, 0.1) is 18.4 Å². The molecule has 152 valence electrons. The van der Waals surface area contributed by atoms with Gasteiger partial charge in [-0.15, -0.1) is 0 Å². The van der Waals surface area contributed by atoms with E-state index in [0.717, 1.165) is 11.8 Å². The second kappa shape index (κ2) is 7.31. The number of amides is 3. The van der Waals surface area contributed by atoms with Crippen molar-refractivity contribution in [2.75, 3.05) is 33.7 Å². The highest BCUT2D eigenvalue weighted by atomic mass is 19.1. The van der Waals surface area contributed by atoms with E-state index in [-0.39, 0.29) is 41.3 Å². The molecule has 2 aromatic rings. The third kappa shape index (κ3) is 3.48. The maximum absolute atomic E-state index is 13.9. The number of hydrogen-bond acceptors (Lipinski definition) is 4. The minimum Gasteiger partial charge on any atom is -0.337 e. The maximum atomic E-state index is 13.9. The number of carbonyl (C=O) groups excluding carboxylic acids is 2. The minimum absolute atomic E-state index is 0.0203. The number of nitrogens with zero attached hydrogens (tertiary/aromatic N) is 4. The van der Waals surface area contributed by atoms with Crippen LogP contribution in [-0.2, 0) is 0 Å². The van der Waals surface area contributed by atoms with Crippen molar-refractivity contribution in [2.45, 2.75) is 6.04 Å². The zero-order valence-corrected chi connectivity index (χ0v) is 16.2. The molecule has 1 N–H and O–H groups in total. The van der Waals surface area contributed by atoms with Crippen molar-refractivity contribution >= 4 is 11.9 Å². The van der Waals surface area contributed by atoms with Crippen LogP contribution in [0.1, 0.15) is 22.1 Å². The van der Waals surface area contributed by atoms with Gasteiger partial charge in [-0.25, -0.2) is 9.18 Å². The van der Waals surface area contributed by atoms with Crippen molar-refractivity contribution in [3.63, 3.8) is 0 Å². The van der Waals surface area contributed by atoms with Gasteiger partial charge < -0.3 is 19.7 Å². The number of rotatable bonds is 2. The van der Waals surface area contributed by atoms with Crippen molar-refractivity contribution in [1.29, 1.82) is 0 Å². The van der Waals surface area contributed by atoms with Crippen LogP contribution < -0.4 is 5.56 Å². The molecule has 1 aromatic carbocycles. The average molecular weight is 399 g/mol. The highest BCUT2D eigenvalue weighted by Gasteiger charge is 2.50. The highest BCUT2D eigenvalue weighted by Crippen LogP contribution is 2.45. The van der Waals surface area contributed by atoms with Crippen LogP contribution >= 0.6 is 0 Å². The lowest BCUT2D eigenvalue weighted by molar-refractivity contribution is 0.0760. The van der Waals surface area contributed by atoms with E-state index in [1.807, 2.05) is 6.07 Å². The van der Waals surface area contributed by atoms with Crippen LogP contribution in [0.4, 0.5) is 9.18 Å². The number of halogens is 1. The zero-order valence-electron chi connectivity index (χ0n) is 16.2. The number of carbonyl (C=O) groups is 2. The first-order valence-corrected chi connectivity index (χ1v) is 9.42. The van der Waals surface area contributed by atoms with Crippen LogP contribution in [0.25, 0.3) is 0 Å². The lowest BCUT2D eigenvalue weighted by Gasteiger charge is -2.31. The molecule has 0 unspecified atom stereocenters. The third-order valence-corrected chi connectivity index (χ3v) is 5.65. The Morgan fingerprint density at radius 2 is 2.00 bits per heavy atom. The number of H-pyrrole nitrogens is 1. The number of benzene rings is 1. The van der Waals surface area contributed by atoms with E-state index in [4.69, 9.17) is 0 Å². The predicted octanol–water partition coefficient (Wildman–Crippen LogP) is 1.34. The molecule has 8 nitrogen and oxygen atoms in total. The SMILES string of the molecule is CN(C)C(=O)N1C[C@H]2CN(C(=O)c3cncc(=O)[nH]3)C[C@H]2[C@@H]1c1cccc(F)c1. The van der Waals surface area contributed by atoms with Gasteiger partial charge in [-0.05, 0) is 17.7 Å². The van der Waals surface area contributed by atoms with Crippen LogP contribution in [-0.4, -0.2) is 70.3 Å². The number of aromatic nitrogens is 2. The number of hydrogen-bond donors (Lipinski definition) is 1. The molecule has 29 heavy (non-hydrogen) atoms. The molecule has 0 spiro atoms. The van der Waals surface area contributed by atoms with Crippen LogP contribution in [0.2, 0.25) is 0 Å². The molecule has 2 saturated heterocycles. The summed E-state index contributed by atoms with van der Waals surface area (Å²) in [6.45, 7) is 1.36. The van der Waals surface area contributed by atoms with E-state index in [0.29, 0.717) is 19.6 Å². The Morgan fingerprint density at radius 3 is 2.69 bits per heavy atom. The summed E-state index contributed by atoms with van der Waals surface area (Å²) < 4.78 is 13.9. The molecule has 2 aliphatic heterocycles. The fraction of sp³-hybridized carbons (Fsp3) is 0.400. The number of aromatic amines is 1. The zero-order chi connectivity index (χ0) is 20.7. The molecule has 2 aliphatic rings. The summed E-state index contributed by atoms with van der Waals surface area (Å²) in [6.07, 6.45) is 2.45. The molecular formula is C20H22FN5O3. The van der Waals surface area contributed by atoms with Gasteiger partial charge in [-0.2, -0.15) is 0 Å². The number of likely N-dealkylation sites (tertiary alicyclic amines) is 2. The van der Waals surface area contributed by atoms with Crippen molar-refractivity contribution in [2.24, 2.45) is 11.8 Å². The van der Waals surface area contributed by atoms with Crippen LogP contribution in [0.15, 0.2) is 41.5 Å². The summed E-state index contributed by atoms with van der Waals surface area (Å²) in [5.74, 6) is -0.609. The Hall–Kier alpha value is -3.23. The minimum atomic E-state index is -0.435. The summed E-state index contributed by atoms with van der Waals surface area (Å²) in [5.41, 5.74) is 0.424. The fourth-order valence-electron chi connectivity index (χ4n) is 4.44. The standard InChI is InChI=1S/C20H22FN5O3/c1-24(2)20(29)26-10-13-9-25(19(28)16-7-22-8-17(27)23-16)11-15(13)18(26)12-4-3-5-14(21)6-12/h3-8,13,15,18H,9-11H2,1-2H3,(H,23,27)/t13-,15-,18+/m1/s1. The molecule has 3 amide bonds. The topological polar surface area (TPSA) is 89.6 Å². The largest absolute Gasteiger partial charge is 0.337 e. The van der Waals surface area contributed by atoms with E-state index >= 15 is 0 Å². The molecule has 3 atom stereocenters. The molecule has 4 rings (SSSR count). The van der Waals surface area contributed by atoms with Gasteiger partial charge >= 0.3 is 6.03 Å². The second-order valence-corrected chi connectivity index (χ2v) is 7.77. The molecular weight excluding hydrogens is 377 g/mol. The van der Waals surface area contributed by atoms with Crippen LogP contribution in [0.3, 0.4) is 0 Å². The Kier molecular flexibility index (Phi) is 4.81. The third-order valence-electron chi connectivity index (χ3n) is 5.65. The first-order chi connectivity index (χ1) is 13.8. The molecule has 0 saturated carbocycles. The predicted molar refractivity (Wildman–Crippen MR) is 103 cm³/mol. The van der Waals surface area contributed by atoms with Gasteiger partial charge in [-0.1, -0.05) is 12.1 Å². The number of nitrogens with one attached hydrogen (secondary N) is 1. The average Bonchev–Trinajstić information content (AvgIpc) is 3.24. The monoisotopic (exact) mass is 399 g/mol. The molecule has 3 heterocycles. The lowest BCUT2D eigenvalue weighted by Crippen LogP contribution is -2.42. The van der Waals surface area contributed by atoms with Gasteiger partial charge in [0.15, 0.2) is 0 Å². The Labute approximate surface area is 166 Å². The molecule has 0 bridgehead atoms. The van der Waals surface area contributed by atoms with Crippen molar-refractivity contribution in [1.82, 2.24) is 24.7 Å². The van der Waals surface area contributed by atoms with E-state index < -0.39 is 5.56 Å². The number of fused-ring (bicyclic) bond motifs is 1. The highest BCUT2D eigenvalue weighted by molar-refractivity contribution is 5.92. The first-order valence-electron chi connectivity index (χ1n) is 9.42. The normalized spacial score (nSPS) is 23.2. The van der Waals surface area contributed by atoms with E-state index in [9.17, 15) is 18.8 Å². The molecule has 0 radical (unpaired) electrons. The summed E-state index contributed by atoms with van der Waals surface area (Å²) in [5, 5.41) is 0. The summed E-state index contributed by atoms with van der Waals surface area (Å²) in [6, 6.07) is 5.81. The van der Waals surface area contributed by atoms with Gasteiger partial charge in [0.25, 0.3) is 11.5 Å². The lowest BCUT2D eigenvalue weighted by atomic mass is 9.89. The molecule has 2 fully saturated rings. The Balaban J connectivity index is 1.63. The van der Waals surface area contributed by atoms with Gasteiger partial charge in [-0.3, -0.25) is 14.6 Å². The van der Waals surface area contributed by atoms with E-state index in [2.05, 4.69) is 9.97 Å². The van der Waals surface area contributed by atoms with Crippen LogP contribution in [0, 0.1) is 17.7 Å². The first kappa shape index (κ1) is 19.1. The number of urea groups is 1. The molecule has 9 heteroatoms.